The SMILES string of the molecule is CC/C=C\CSCOC(=O)C(C)(C)C. The second-order valence-corrected chi connectivity index (χ2v) is 5.03. The third kappa shape index (κ3) is 7.01. The van der Waals surface area contributed by atoms with E-state index in [4.69, 9.17) is 4.74 Å². The number of rotatable bonds is 5. The summed E-state index contributed by atoms with van der Waals surface area (Å²) in [5.74, 6) is 1.22. The van der Waals surface area contributed by atoms with Crippen molar-refractivity contribution in [3.8, 4) is 0 Å². The van der Waals surface area contributed by atoms with Crippen LogP contribution in [-0.4, -0.2) is 17.7 Å². The molecule has 2 nitrogen and oxygen atoms in total. The first kappa shape index (κ1) is 13.6. The average Bonchev–Trinajstić information content (AvgIpc) is 2.09. The highest BCUT2D eigenvalue weighted by Gasteiger charge is 2.22. The molecule has 0 N–H and O–H groups in total. The maximum Gasteiger partial charge on any atom is 0.312 e. The number of esters is 1. The van der Waals surface area contributed by atoms with Crippen molar-refractivity contribution >= 4 is 17.7 Å². The van der Waals surface area contributed by atoms with Crippen LogP contribution < -0.4 is 0 Å². The van der Waals surface area contributed by atoms with Crippen LogP contribution in [0, 0.1) is 5.41 Å². The van der Waals surface area contributed by atoms with E-state index in [0.29, 0.717) is 5.94 Å². The number of allylic oxidation sites excluding steroid dienone is 1. The number of carbonyl (C=O) groups is 1. The minimum absolute atomic E-state index is 0.135. The van der Waals surface area contributed by atoms with Crippen molar-refractivity contribution in [3.05, 3.63) is 12.2 Å². The van der Waals surface area contributed by atoms with Gasteiger partial charge in [-0.3, -0.25) is 4.79 Å². The molecule has 0 fully saturated rings. The van der Waals surface area contributed by atoms with E-state index in [1.54, 1.807) is 11.8 Å². The lowest BCUT2D eigenvalue weighted by Crippen LogP contribution is -2.22. The van der Waals surface area contributed by atoms with Gasteiger partial charge in [0.25, 0.3) is 0 Å². The molecule has 0 rings (SSSR count). The highest BCUT2D eigenvalue weighted by molar-refractivity contribution is 7.99. The Kier molecular flexibility index (Phi) is 6.71. The molecule has 0 bridgehead atoms. The van der Waals surface area contributed by atoms with Crippen LogP contribution in [0.3, 0.4) is 0 Å². The first-order chi connectivity index (χ1) is 6.48. The fourth-order valence-corrected chi connectivity index (χ4v) is 1.22. The Bertz CT molecular complexity index is 192. The molecule has 0 aromatic heterocycles. The van der Waals surface area contributed by atoms with E-state index in [9.17, 15) is 4.79 Å². The minimum atomic E-state index is -0.389. The predicted octanol–water partition coefficient (Wildman–Crippen LogP) is 3.23. The van der Waals surface area contributed by atoms with E-state index < -0.39 is 0 Å². The summed E-state index contributed by atoms with van der Waals surface area (Å²) < 4.78 is 5.08. The molecule has 0 amide bonds. The van der Waals surface area contributed by atoms with E-state index >= 15 is 0 Å². The molecule has 0 aliphatic heterocycles. The van der Waals surface area contributed by atoms with Crippen molar-refractivity contribution < 1.29 is 9.53 Å². The zero-order valence-corrected chi connectivity index (χ0v) is 10.3. The van der Waals surface area contributed by atoms with Crippen LogP contribution in [0.15, 0.2) is 12.2 Å². The van der Waals surface area contributed by atoms with Crippen molar-refractivity contribution in [2.75, 3.05) is 11.7 Å². The zero-order chi connectivity index (χ0) is 11.0. The summed E-state index contributed by atoms with van der Waals surface area (Å²) in [4.78, 5) is 11.3. The summed E-state index contributed by atoms with van der Waals surface area (Å²) in [6, 6.07) is 0. The van der Waals surface area contributed by atoms with E-state index in [2.05, 4.69) is 19.1 Å². The first-order valence-corrected chi connectivity index (χ1v) is 6.04. The van der Waals surface area contributed by atoms with Gasteiger partial charge in [-0.05, 0) is 27.2 Å². The predicted molar refractivity (Wildman–Crippen MR) is 62.3 cm³/mol. The van der Waals surface area contributed by atoms with Crippen molar-refractivity contribution in [2.24, 2.45) is 5.41 Å². The molecule has 0 spiro atoms. The summed E-state index contributed by atoms with van der Waals surface area (Å²) >= 11 is 1.61. The fourth-order valence-electron chi connectivity index (χ4n) is 0.663. The average molecular weight is 216 g/mol. The highest BCUT2D eigenvalue weighted by atomic mass is 32.2. The van der Waals surface area contributed by atoms with Crippen molar-refractivity contribution in [3.63, 3.8) is 0 Å². The van der Waals surface area contributed by atoms with Gasteiger partial charge in [0.05, 0.1) is 5.41 Å². The molecular formula is C11H20O2S. The number of carbonyl (C=O) groups excluding carboxylic acids is 1. The standard InChI is InChI=1S/C11H20O2S/c1-5-6-7-8-14-9-13-10(12)11(2,3)4/h6-7H,5,8-9H2,1-4H3/b7-6-. The first-order valence-electron chi connectivity index (χ1n) is 4.88. The monoisotopic (exact) mass is 216 g/mol. The lowest BCUT2D eigenvalue weighted by Gasteiger charge is -2.15. The third-order valence-electron chi connectivity index (χ3n) is 1.50. The van der Waals surface area contributed by atoms with Crippen molar-refractivity contribution in [2.45, 2.75) is 34.1 Å². The normalized spacial score (nSPS) is 12.0. The largest absolute Gasteiger partial charge is 0.454 e. The van der Waals surface area contributed by atoms with Crippen LogP contribution in [0.25, 0.3) is 0 Å². The molecule has 0 radical (unpaired) electrons. The molecular weight excluding hydrogens is 196 g/mol. The number of hydrogen-bond acceptors (Lipinski definition) is 3. The molecule has 0 saturated heterocycles. The van der Waals surface area contributed by atoms with Crippen LogP contribution >= 0.6 is 11.8 Å². The maximum atomic E-state index is 11.3. The van der Waals surface area contributed by atoms with Gasteiger partial charge >= 0.3 is 5.97 Å². The molecule has 3 heteroatoms. The molecule has 0 unspecified atom stereocenters. The van der Waals surface area contributed by atoms with Gasteiger partial charge in [0, 0.05) is 5.75 Å². The highest BCUT2D eigenvalue weighted by Crippen LogP contribution is 2.16. The summed E-state index contributed by atoms with van der Waals surface area (Å²) in [6.45, 7) is 7.67. The summed E-state index contributed by atoms with van der Waals surface area (Å²) in [7, 11) is 0. The van der Waals surface area contributed by atoms with Crippen LogP contribution in [-0.2, 0) is 9.53 Å². The quantitative estimate of drug-likeness (QED) is 0.305. The van der Waals surface area contributed by atoms with Crippen LogP contribution in [0.1, 0.15) is 34.1 Å². The lowest BCUT2D eigenvalue weighted by molar-refractivity contribution is -0.150. The summed E-state index contributed by atoms with van der Waals surface area (Å²) in [5.41, 5.74) is -0.389. The summed E-state index contributed by atoms with van der Waals surface area (Å²) in [5, 5.41) is 0. The van der Waals surface area contributed by atoms with Crippen molar-refractivity contribution in [1.82, 2.24) is 0 Å². The Balaban J connectivity index is 3.46. The lowest BCUT2D eigenvalue weighted by atomic mass is 9.98. The molecule has 0 aromatic carbocycles. The van der Waals surface area contributed by atoms with Gasteiger partial charge in [-0.2, -0.15) is 0 Å². The van der Waals surface area contributed by atoms with Crippen LogP contribution in [0.2, 0.25) is 0 Å². The van der Waals surface area contributed by atoms with E-state index in [-0.39, 0.29) is 11.4 Å². The van der Waals surface area contributed by atoms with E-state index in [0.717, 1.165) is 12.2 Å². The van der Waals surface area contributed by atoms with E-state index in [1.165, 1.54) is 0 Å². The van der Waals surface area contributed by atoms with Gasteiger partial charge in [0.2, 0.25) is 0 Å². The molecule has 82 valence electrons. The van der Waals surface area contributed by atoms with Gasteiger partial charge in [-0.25, -0.2) is 0 Å². The number of ether oxygens (including phenoxy) is 1. The smallest absolute Gasteiger partial charge is 0.312 e. The molecule has 0 atom stereocenters. The Morgan fingerprint density at radius 3 is 2.50 bits per heavy atom. The van der Waals surface area contributed by atoms with Crippen molar-refractivity contribution in [1.29, 1.82) is 0 Å². The fraction of sp³-hybridized carbons (Fsp3) is 0.727. The van der Waals surface area contributed by atoms with Gasteiger partial charge in [0.15, 0.2) is 0 Å². The molecule has 0 aliphatic rings. The Labute approximate surface area is 91.1 Å². The zero-order valence-electron chi connectivity index (χ0n) is 9.50. The molecule has 0 aromatic rings. The number of hydrogen-bond donors (Lipinski definition) is 0. The maximum absolute atomic E-state index is 11.3. The molecule has 14 heavy (non-hydrogen) atoms. The van der Waals surface area contributed by atoms with Crippen LogP contribution in [0.4, 0.5) is 0 Å². The topological polar surface area (TPSA) is 26.3 Å². The third-order valence-corrected chi connectivity index (χ3v) is 2.21. The van der Waals surface area contributed by atoms with Gasteiger partial charge < -0.3 is 4.74 Å². The number of thioether (sulfide) groups is 1. The Morgan fingerprint density at radius 2 is 2.00 bits per heavy atom. The Hall–Kier alpha value is -0.440. The minimum Gasteiger partial charge on any atom is -0.454 e. The summed E-state index contributed by atoms with van der Waals surface area (Å²) in [6.07, 6.45) is 5.26. The molecule has 0 aliphatic carbocycles. The Morgan fingerprint density at radius 1 is 1.36 bits per heavy atom. The molecule has 0 heterocycles. The van der Waals surface area contributed by atoms with E-state index in [1.807, 2.05) is 20.8 Å². The molecule has 0 saturated carbocycles. The van der Waals surface area contributed by atoms with Gasteiger partial charge in [-0.15, -0.1) is 11.8 Å². The van der Waals surface area contributed by atoms with Crippen LogP contribution in [0.5, 0.6) is 0 Å². The second kappa shape index (κ2) is 6.93. The van der Waals surface area contributed by atoms with Gasteiger partial charge in [-0.1, -0.05) is 19.1 Å². The second-order valence-electron chi connectivity index (χ2n) is 4.05. The van der Waals surface area contributed by atoms with Gasteiger partial charge in [0.1, 0.15) is 5.94 Å².